The molecular weight excluding hydrogens is 328 g/mol. The van der Waals surface area contributed by atoms with Gasteiger partial charge in [0, 0.05) is 17.6 Å². The van der Waals surface area contributed by atoms with Crippen molar-refractivity contribution in [3.63, 3.8) is 0 Å². The molecule has 1 amide bonds. The van der Waals surface area contributed by atoms with Crippen LogP contribution in [0.15, 0.2) is 59.5 Å². The largest absolute Gasteiger partial charge is 0.506 e. The van der Waals surface area contributed by atoms with Gasteiger partial charge in [-0.05, 0) is 35.2 Å². The number of para-hydroxylation sites is 1. The van der Waals surface area contributed by atoms with Gasteiger partial charge in [-0.2, -0.15) is 0 Å². The fourth-order valence-corrected chi connectivity index (χ4v) is 2.85. The van der Waals surface area contributed by atoms with E-state index < -0.39 is 0 Å². The van der Waals surface area contributed by atoms with Crippen molar-refractivity contribution in [2.75, 3.05) is 5.32 Å². The highest BCUT2D eigenvalue weighted by molar-refractivity contribution is 5.93. The van der Waals surface area contributed by atoms with Gasteiger partial charge >= 0.3 is 0 Å². The van der Waals surface area contributed by atoms with E-state index in [1.54, 1.807) is 35.0 Å². The SMILES string of the molecule is CC(C)(C)c1ccc(O)c(NC(=O)Cn2ccc(=O)c3ccccc32)c1. The average molecular weight is 350 g/mol. The molecule has 1 aromatic heterocycles. The number of benzene rings is 2. The molecule has 0 aliphatic heterocycles. The van der Waals surface area contributed by atoms with E-state index in [0.717, 1.165) is 5.56 Å². The first-order chi connectivity index (χ1) is 12.3. The minimum atomic E-state index is -0.278. The third-order valence-electron chi connectivity index (χ3n) is 4.34. The van der Waals surface area contributed by atoms with Crippen molar-refractivity contribution < 1.29 is 9.90 Å². The molecule has 0 atom stereocenters. The molecule has 0 spiro atoms. The van der Waals surface area contributed by atoms with Crippen molar-refractivity contribution in [2.45, 2.75) is 32.7 Å². The topological polar surface area (TPSA) is 71.3 Å². The van der Waals surface area contributed by atoms with Gasteiger partial charge < -0.3 is 15.0 Å². The fraction of sp³-hybridized carbons (Fsp3) is 0.238. The lowest BCUT2D eigenvalue weighted by Gasteiger charge is -2.20. The van der Waals surface area contributed by atoms with Crippen molar-refractivity contribution in [3.8, 4) is 5.75 Å². The molecule has 0 fully saturated rings. The first-order valence-electron chi connectivity index (χ1n) is 8.47. The van der Waals surface area contributed by atoms with Crippen LogP contribution >= 0.6 is 0 Å². The number of hydrogen-bond acceptors (Lipinski definition) is 3. The third kappa shape index (κ3) is 3.61. The molecular formula is C21H22N2O3. The Morgan fingerprint density at radius 1 is 1.12 bits per heavy atom. The molecule has 134 valence electrons. The van der Waals surface area contributed by atoms with E-state index in [4.69, 9.17) is 0 Å². The van der Waals surface area contributed by atoms with Crippen LogP contribution in [0.25, 0.3) is 10.9 Å². The van der Waals surface area contributed by atoms with Crippen LogP contribution in [0.4, 0.5) is 5.69 Å². The Balaban J connectivity index is 1.87. The second kappa shape index (κ2) is 6.67. The lowest BCUT2D eigenvalue weighted by molar-refractivity contribution is -0.116. The zero-order chi connectivity index (χ0) is 18.9. The van der Waals surface area contributed by atoms with E-state index >= 15 is 0 Å². The monoisotopic (exact) mass is 350 g/mol. The van der Waals surface area contributed by atoms with Crippen LogP contribution in [0.5, 0.6) is 5.75 Å². The number of pyridine rings is 1. The second-order valence-electron chi connectivity index (χ2n) is 7.36. The third-order valence-corrected chi connectivity index (χ3v) is 4.34. The summed E-state index contributed by atoms with van der Waals surface area (Å²) in [7, 11) is 0. The van der Waals surface area contributed by atoms with Gasteiger partial charge in [-0.15, -0.1) is 0 Å². The molecule has 0 bridgehead atoms. The standard InChI is InChI=1S/C21H22N2O3/c1-21(2,3)14-8-9-19(25)16(12-14)22-20(26)13-23-11-10-18(24)15-6-4-5-7-17(15)23/h4-12,25H,13H2,1-3H3,(H,22,26). The molecule has 2 N–H and O–H groups in total. The molecule has 3 aromatic rings. The summed E-state index contributed by atoms with van der Waals surface area (Å²) in [6.07, 6.45) is 1.61. The molecule has 1 heterocycles. The van der Waals surface area contributed by atoms with Crippen LogP contribution in [-0.4, -0.2) is 15.6 Å². The maximum absolute atomic E-state index is 12.5. The zero-order valence-corrected chi connectivity index (χ0v) is 15.1. The van der Waals surface area contributed by atoms with E-state index in [1.807, 2.05) is 18.2 Å². The van der Waals surface area contributed by atoms with Crippen molar-refractivity contribution in [1.29, 1.82) is 0 Å². The Kier molecular flexibility index (Phi) is 4.55. The molecule has 5 nitrogen and oxygen atoms in total. The summed E-state index contributed by atoms with van der Waals surface area (Å²) in [5.74, 6) is -0.253. The first-order valence-corrected chi connectivity index (χ1v) is 8.47. The van der Waals surface area contributed by atoms with Gasteiger partial charge in [0.15, 0.2) is 5.43 Å². The maximum Gasteiger partial charge on any atom is 0.244 e. The number of nitrogens with one attached hydrogen (secondary N) is 1. The van der Waals surface area contributed by atoms with E-state index in [2.05, 4.69) is 26.1 Å². The Morgan fingerprint density at radius 3 is 2.58 bits per heavy atom. The Bertz CT molecular complexity index is 1030. The summed E-state index contributed by atoms with van der Waals surface area (Å²) in [5, 5.41) is 13.4. The highest BCUT2D eigenvalue weighted by Gasteiger charge is 2.16. The van der Waals surface area contributed by atoms with Gasteiger partial charge in [0.2, 0.25) is 5.91 Å². The van der Waals surface area contributed by atoms with Crippen LogP contribution in [0, 0.1) is 0 Å². The van der Waals surface area contributed by atoms with Gasteiger partial charge in [0.25, 0.3) is 0 Å². The lowest BCUT2D eigenvalue weighted by atomic mass is 9.87. The quantitative estimate of drug-likeness (QED) is 0.709. The molecule has 0 aliphatic rings. The highest BCUT2D eigenvalue weighted by atomic mass is 16.3. The highest BCUT2D eigenvalue weighted by Crippen LogP contribution is 2.30. The fourth-order valence-electron chi connectivity index (χ4n) is 2.85. The zero-order valence-electron chi connectivity index (χ0n) is 15.1. The van der Waals surface area contributed by atoms with Crippen molar-refractivity contribution >= 4 is 22.5 Å². The van der Waals surface area contributed by atoms with Gasteiger partial charge in [-0.1, -0.05) is 39.0 Å². The molecule has 3 rings (SSSR count). The van der Waals surface area contributed by atoms with Crippen molar-refractivity contribution in [1.82, 2.24) is 4.57 Å². The summed E-state index contributed by atoms with van der Waals surface area (Å²) >= 11 is 0. The van der Waals surface area contributed by atoms with Crippen LogP contribution in [0.3, 0.4) is 0 Å². The van der Waals surface area contributed by atoms with E-state index in [0.29, 0.717) is 16.6 Å². The van der Waals surface area contributed by atoms with Crippen molar-refractivity contribution in [3.05, 3.63) is 70.5 Å². The van der Waals surface area contributed by atoms with Gasteiger partial charge in [0.05, 0.1) is 11.2 Å². The van der Waals surface area contributed by atoms with Crippen LogP contribution < -0.4 is 10.7 Å². The molecule has 26 heavy (non-hydrogen) atoms. The predicted molar refractivity (Wildman–Crippen MR) is 104 cm³/mol. The number of phenols is 1. The Hall–Kier alpha value is -3.08. The number of carbonyl (C=O) groups is 1. The van der Waals surface area contributed by atoms with E-state index in [-0.39, 0.29) is 29.0 Å². The van der Waals surface area contributed by atoms with Gasteiger partial charge in [-0.25, -0.2) is 0 Å². The molecule has 0 radical (unpaired) electrons. The number of aromatic hydroxyl groups is 1. The number of phenolic OH excluding ortho intramolecular Hbond substituents is 1. The summed E-state index contributed by atoms with van der Waals surface area (Å²) in [5.41, 5.74) is 1.92. The Labute approximate surface area is 151 Å². The molecule has 0 saturated carbocycles. The first kappa shape index (κ1) is 17.7. The number of aromatic nitrogens is 1. The number of anilines is 1. The van der Waals surface area contributed by atoms with E-state index in [1.165, 1.54) is 6.07 Å². The van der Waals surface area contributed by atoms with E-state index in [9.17, 15) is 14.7 Å². The number of rotatable bonds is 3. The number of carbonyl (C=O) groups excluding carboxylic acids is 1. The smallest absolute Gasteiger partial charge is 0.244 e. The molecule has 5 heteroatoms. The van der Waals surface area contributed by atoms with Crippen molar-refractivity contribution in [2.24, 2.45) is 0 Å². The summed E-state index contributed by atoms with van der Waals surface area (Å²) in [4.78, 5) is 24.4. The number of amides is 1. The average Bonchev–Trinajstić information content (AvgIpc) is 2.58. The maximum atomic E-state index is 12.5. The minimum absolute atomic E-state index is 0.0242. The summed E-state index contributed by atoms with van der Waals surface area (Å²) in [6.45, 7) is 6.24. The predicted octanol–water partition coefficient (Wildman–Crippen LogP) is 3.64. The van der Waals surface area contributed by atoms with Gasteiger partial charge in [0.1, 0.15) is 12.3 Å². The molecule has 0 aliphatic carbocycles. The normalized spacial score (nSPS) is 11.5. The van der Waals surface area contributed by atoms with Crippen LogP contribution in [-0.2, 0) is 16.8 Å². The molecule has 0 saturated heterocycles. The van der Waals surface area contributed by atoms with Crippen LogP contribution in [0.2, 0.25) is 0 Å². The summed E-state index contributed by atoms with van der Waals surface area (Å²) in [6, 6.07) is 13.8. The molecule has 2 aromatic carbocycles. The van der Waals surface area contributed by atoms with Gasteiger partial charge in [-0.3, -0.25) is 9.59 Å². The van der Waals surface area contributed by atoms with Crippen LogP contribution in [0.1, 0.15) is 26.3 Å². The summed E-state index contributed by atoms with van der Waals surface area (Å²) < 4.78 is 1.72. The Morgan fingerprint density at radius 2 is 1.85 bits per heavy atom. The lowest BCUT2D eigenvalue weighted by Crippen LogP contribution is -2.21. The number of fused-ring (bicyclic) bond motifs is 1. The minimum Gasteiger partial charge on any atom is -0.506 e. The second-order valence-corrected chi connectivity index (χ2v) is 7.36. The molecule has 0 unspecified atom stereocenters. The number of nitrogens with zero attached hydrogens (tertiary/aromatic N) is 1. The number of hydrogen-bond donors (Lipinski definition) is 2.